The van der Waals surface area contributed by atoms with Crippen molar-refractivity contribution in [3.8, 4) is 5.75 Å². The van der Waals surface area contributed by atoms with Gasteiger partial charge in [-0.2, -0.15) is 0 Å². The summed E-state index contributed by atoms with van der Waals surface area (Å²) in [5.41, 5.74) is 2.63. The Morgan fingerprint density at radius 2 is 2.09 bits per heavy atom. The lowest BCUT2D eigenvalue weighted by Crippen LogP contribution is -2.08. The zero-order valence-electron chi connectivity index (χ0n) is 12.8. The van der Waals surface area contributed by atoms with E-state index in [-0.39, 0.29) is 11.1 Å². The normalized spacial score (nSPS) is 15.4. The molecule has 1 aliphatic rings. The molecular formula is C17H18ClFN2O. The number of nitrogens with zero attached hydrogens (tertiary/aromatic N) is 1. The summed E-state index contributed by atoms with van der Waals surface area (Å²) in [6.45, 7) is 5.69. The van der Waals surface area contributed by atoms with Crippen molar-refractivity contribution in [3.63, 3.8) is 0 Å². The van der Waals surface area contributed by atoms with Gasteiger partial charge in [-0.15, -0.1) is 0 Å². The van der Waals surface area contributed by atoms with E-state index >= 15 is 0 Å². The summed E-state index contributed by atoms with van der Waals surface area (Å²) in [4.78, 5) is 4.41. The van der Waals surface area contributed by atoms with Crippen LogP contribution in [0, 0.1) is 11.2 Å². The van der Waals surface area contributed by atoms with E-state index in [0.717, 1.165) is 11.3 Å². The molecular weight excluding hydrogens is 303 g/mol. The Hall–Kier alpha value is -1.94. The molecule has 1 aliphatic heterocycles. The van der Waals surface area contributed by atoms with Crippen LogP contribution in [0.25, 0.3) is 0 Å². The number of hydrogen-bond donors (Lipinski definition) is 1. The van der Waals surface area contributed by atoms with Crippen molar-refractivity contribution in [2.75, 3.05) is 0 Å². The monoisotopic (exact) mass is 320 g/mol. The van der Waals surface area contributed by atoms with Gasteiger partial charge in [-0.1, -0.05) is 31.5 Å². The van der Waals surface area contributed by atoms with Gasteiger partial charge in [0.25, 0.3) is 0 Å². The van der Waals surface area contributed by atoms with Gasteiger partial charge in [0, 0.05) is 12.5 Å². The predicted molar refractivity (Wildman–Crippen MR) is 86.6 cm³/mol. The van der Waals surface area contributed by atoms with Crippen LogP contribution in [0.15, 0.2) is 30.3 Å². The number of nitrogens with one attached hydrogen (secondary N) is 1. The highest BCUT2D eigenvalue weighted by atomic mass is 35.5. The molecule has 0 aliphatic carbocycles. The highest BCUT2D eigenvalue weighted by Gasteiger charge is 2.27. The second-order valence-corrected chi connectivity index (χ2v) is 5.16. The number of benzene rings is 1. The van der Waals surface area contributed by atoms with Crippen molar-refractivity contribution in [2.45, 2.75) is 33.3 Å². The minimum absolute atomic E-state index is 0.102. The Morgan fingerprint density at radius 3 is 2.77 bits per heavy atom. The maximum Gasteiger partial charge on any atom is 0.145 e. The smallest absolute Gasteiger partial charge is 0.145 e. The number of ether oxygens (including phenoxy) is 1. The first-order valence-electron chi connectivity index (χ1n) is 7.21. The number of rotatable bonds is 2. The maximum atomic E-state index is 13.4. The van der Waals surface area contributed by atoms with Crippen molar-refractivity contribution >= 4 is 17.3 Å². The molecule has 22 heavy (non-hydrogen) atoms. The Balaban J connectivity index is 0.000000847. The number of halogens is 2. The van der Waals surface area contributed by atoms with Gasteiger partial charge in [0.1, 0.15) is 17.7 Å². The van der Waals surface area contributed by atoms with Gasteiger partial charge in [-0.05, 0) is 30.7 Å². The number of hydrogen-bond acceptors (Lipinski definition) is 3. The fraction of sp³-hybridized carbons (Fsp3) is 0.294. The van der Waals surface area contributed by atoms with Crippen molar-refractivity contribution in [1.82, 2.24) is 4.98 Å². The van der Waals surface area contributed by atoms with Gasteiger partial charge in [-0.25, -0.2) is 9.37 Å². The molecule has 1 atom stereocenters. The third kappa shape index (κ3) is 3.28. The predicted octanol–water partition coefficient (Wildman–Crippen LogP) is 4.96. The fourth-order valence-electron chi connectivity index (χ4n) is 2.24. The molecule has 1 N–H and O–H groups in total. The van der Waals surface area contributed by atoms with Gasteiger partial charge in [0.05, 0.1) is 22.1 Å². The fourth-order valence-corrected chi connectivity index (χ4v) is 2.42. The molecule has 3 nitrogen and oxygen atoms in total. The largest absolute Gasteiger partial charge is 0.483 e. The Labute approximate surface area is 134 Å². The molecule has 3 rings (SSSR count). The molecule has 0 amide bonds. The van der Waals surface area contributed by atoms with E-state index in [9.17, 15) is 4.39 Å². The lowest BCUT2D eigenvalue weighted by Gasteiger charge is -2.11. The third-order valence-corrected chi connectivity index (χ3v) is 3.55. The van der Waals surface area contributed by atoms with E-state index in [2.05, 4.69) is 4.98 Å². The molecule has 0 fully saturated rings. The van der Waals surface area contributed by atoms with Crippen LogP contribution in [0.4, 0.5) is 4.39 Å². The molecule has 0 radical (unpaired) electrons. The van der Waals surface area contributed by atoms with Crippen LogP contribution in [-0.4, -0.2) is 10.7 Å². The Kier molecular flexibility index (Phi) is 5.14. The molecule has 5 heteroatoms. The van der Waals surface area contributed by atoms with Crippen molar-refractivity contribution in [3.05, 3.63) is 58.1 Å². The first-order valence-corrected chi connectivity index (χ1v) is 7.59. The van der Waals surface area contributed by atoms with Gasteiger partial charge >= 0.3 is 0 Å². The molecule has 0 bridgehead atoms. The van der Waals surface area contributed by atoms with Crippen LogP contribution in [0.5, 0.6) is 5.75 Å². The van der Waals surface area contributed by atoms with Crippen LogP contribution >= 0.6 is 11.6 Å². The quantitative estimate of drug-likeness (QED) is 0.794. The highest BCUT2D eigenvalue weighted by molar-refractivity contribution is 6.30. The molecule has 0 saturated carbocycles. The third-order valence-electron chi connectivity index (χ3n) is 3.26. The van der Waals surface area contributed by atoms with E-state index in [1.807, 2.05) is 26.0 Å². The van der Waals surface area contributed by atoms with E-state index < -0.39 is 5.82 Å². The minimum Gasteiger partial charge on any atom is -0.483 e. The van der Waals surface area contributed by atoms with Crippen LogP contribution in [-0.2, 0) is 6.42 Å². The average molecular weight is 321 g/mol. The lowest BCUT2D eigenvalue weighted by atomic mass is 10.1. The van der Waals surface area contributed by atoms with E-state index in [0.29, 0.717) is 23.6 Å². The van der Waals surface area contributed by atoms with Gasteiger partial charge < -0.3 is 10.1 Å². The topological polar surface area (TPSA) is 46.0 Å². The number of fused-ring (bicyclic) bond motifs is 1. The second-order valence-electron chi connectivity index (χ2n) is 4.76. The molecule has 2 aromatic rings. The van der Waals surface area contributed by atoms with Crippen LogP contribution in [0.1, 0.15) is 43.8 Å². The van der Waals surface area contributed by atoms with E-state index in [1.165, 1.54) is 6.07 Å². The number of aromatic nitrogens is 1. The van der Waals surface area contributed by atoms with Crippen molar-refractivity contribution in [2.24, 2.45) is 0 Å². The van der Waals surface area contributed by atoms with E-state index in [4.69, 9.17) is 21.7 Å². The van der Waals surface area contributed by atoms with Crippen molar-refractivity contribution < 1.29 is 9.13 Å². The molecule has 2 heterocycles. The first kappa shape index (κ1) is 16.4. The first-order chi connectivity index (χ1) is 10.5. The van der Waals surface area contributed by atoms with Crippen LogP contribution in [0.3, 0.4) is 0 Å². The van der Waals surface area contributed by atoms with E-state index in [1.54, 1.807) is 19.1 Å². The highest BCUT2D eigenvalue weighted by Crippen LogP contribution is 2.38. The average Bonchev–Trinajstić information content (AvgIpc) is 2.93. The van der Waals surface area contributed by atoms with Gasteiger partial charge in [0.15, 0.2) is 0 Å². The molecule has 0 saturated heterocycles. The molecule has 0 spiro atoms. The van der Waals surface area contributed by atoms with Gasteiger partial charge in [-0.3, -0.25) is 0 Å². The second kappa shape index (κ2) is 6.88. The summed E-state index contributed by atoms with van der Waals surface area (Å²) >= 11 is 5.78. The summed E-state index contributed by atoms with van der Waals surface area (Å²) < 4.78 is 19.1. The van der Waals surface area contributed by atoms with Crippen molar-refractivity contribution in [1.29, 1.82) is 5.41 Å². The molecule has 1 aromatic carbocycles. The standard InChI is InChI=1S/C15H12ClFN2O.C2H6/c1-8(18)12-3-2-4-13(19-12)15-6-9-5-10(16)11(17)7-14(9)20-15;1-2/h2-5,7,15,18H,6H2,1H3;1-2H3. The number of pyridine rings is 1. The zero-order valence-corrected chi connectivity index (χ0v) is 13.5. The summed E-state index contributed by atoms with van der Waals surface area (Å²) in [6, 6.07) is 8.38. The van der Waals surface area contributed by atoms with Crippen LogP contribution in [0.2, 0.25) is 5.02 Å². The molecule has 1 unspecified atom stereocenters. The maximum absolute atomic E-state index is 13.4. The van der Waals surface area contributed by atoms with Crippen LogP contribution < -0.4 is 4.74 Å². The zero-order chi connectivity index (χ0) is 16.3. The molecule has 1 aromatic heterocycles. The summed E-state index contributed by atoms with van der Waals surface area (Å²) in [5, 5.41) is 7.72. The SMILES string of the molecule is CC.CC(=N)c1cccc(C2Cc3cc(Cl)c(F)cc3O2)n1. The summed E-state index contributed by atoms with van der Waals surface area (Å²) in [7, 11) is 0. The minimum atomic E-state index is -0.483. The summed E-state index contributed by atoms with van der Waals surface area (Å²) in [5.74, 6) is 0.0267. The Morgan fingerprint density at radius 1 is 1.36 bits per heavy atom. The lowest BCUT2D eigenvalue weighted by molar-refractivity contribution is 0.232. The Bertz CT molecular complexity index is 672. The summed E-state index contributed by atoms with van der Waals surface area (Å²) in [6.07, 6.45) is 0.338. The molecule has 116 valence electrons. The van der Waals surface area contributed by atoms with Gasteiger partial charge in [0.2, 0.25) is 0 Å².